The summed E-state index contributed by atoms with van der Waals surface area (Å²) >= 11 is 4.92. The second-order valence-corrected chi connectivity index (χ2v) is 5.77. The van der Waals surface area contributed by atoms with Crippen LogP contribution in [0.15, 0.2) is 57.9 Å². The van der Waals surface area contributed by atoms with E-state index in [9.17, 15) is 4.79 Å². The third kappa shape index (κ3) is 3.85. The number of ether oxygens (including phenoxy) is 1. The lowest BCUT2D eigenvalue weighted by atomic mass is 10.1. The molecule has 0 aliphatic carbocycles. The summed E-state index contributed by atoms with van der Waals surface area (Å²) in [6.07, 6.45) is 0. The molecule has 0 fully saturated rings. The Bertz CT molecular complexity index is 567. The van der Waals surface area contributed by atoms with Crippen LogP contribution in [0.1, 0.15) is 10.4 Å². The summed E-state index contributed by atoms with van der Waals surface area (Å²) in [4.78, 5) is 13.1. The summed E-state index contributed by atoms with van der Waals surface area (Å²) in [5.41, 5.74) is 0.725. The Balaban J connectivity index is 1.98. The van der Waals surface area contributed by atoms with Gasteiger partial charge in [-0.25, -0.2) is 0 Å². The number of methoxy groups -OCH3 is 1. The summed E-state index contributed by atoms with van der Waals surface area (Å²) < 4.78 is 5.94. The molecule has 98 valence electrons. The molecule has 0 aliphatic heterocycles. The molecule has 0 saturated heterocycles. The van der Waals surface area contributed by atoms with Crippen molar-refractivity contribution in [1.29, 1.82) is 0 Å². The van der Waals surface area contributed by atoms with Crippen molar-refractivity contribution >= 4 is 33.5 Å². The van der Waals surface area contributed by atoms with Crippen LogP contribution in [-0.2, 0) is 0 Å². The van der Waals surface area contributed by atoms with E-state index < -0.39 is 0 Å². The molecular formula is C15H13BrO2S. The Morgan fingerprint density at radius 2 is 1.84 bits per heavy atom. The van der Waals surface area contributed by atoms with E-state index in [0.717, 1.165) is 20.7 Å². The number of hydrogen-bond donors (Lipinski definition) is 0. The Labute approximate surface area is 125 Å². The van der Waals surface area contributed by atoms with Crippen LogP contribution in [0.25, 0.3) is 0 Å². The van der Waals surface area contributed by atoms with Crippen LogP contribution in [0.2, 0.25) is 0 Å². The van der Waals surface area contributed by atoms with Gasteiger partial charge in [0.2, 0.25) is 0 Å². The topological polar surface area (TPSA) is 26.3 Å². The van der Waals surface area contributed by atoms with Crippen LogP contribution in [0.3, 0.4) is 0 Å². The van der Waals surface area contributed by atoms with E-state index >= 15 is 0 Å². The molecule has 0 heterocycles. The number of thioether (sulfide) groups is 1. The van der Waals surface area contributed by atoms with E-state index in [4.69, 9.17) is 4.74 Å². The first-order valence-corrected chi connectivity index (χ1v) is 7.53. The quantitative estimate of drug-likeness (QED) is 0.596. The van der Waals surface area contributed by atoms with E-state index in [1.54, 1.807) is 7.11 Å². The summed E-state index contributed by atoms with van der Waals surface area (Å²) in [6.45, 7) is 0. The van der Waals surface area contributed by atoms with Gasteiger partial charge in [-0.2, -0.15) is 0 Å². The molecule has 2 nitrogen and oxygen atoms in total. The minimum atomic E-state index is 0.119. The summed E-state index contributed by atoms with van der Waals surface area (Å²) in [5.74, 6) is 1.37. The van der Waals surface area contributed by atoms with Gasteiger partial charge in [0.15, 0.2) is 5.78 Å². The van der Waals surface area contributed by atoms with Crippen LogP contribution in [0.4, 0.5) is 0 Å². The minimum absolute atomic E-state index is 0.119. The number of rotatable bonds is 5. The number of Topliss-reactive ketones (excluding diaryl/α,β-unsaturated/α-hetero) is 1. The van der Waals surface area contributed by atoms with Crippen LogP contribution in [0.5, 0.6) is 5.75 Å². The van der Waals surface area contributed by atoms with Gasteiger partial charge in [0, 0.05) is 14.9 Å². The molecule has 0 spiro atoms. The normalized spacial score (nSPS) is 10.2. The van der Waals surface area contributed by atoms with Gasteiger partial charge in [-0.15, -0.1) is 11.8 Å². The van der Waals surface area contributed by atoms with Crippen molar-refractivity contribution in [2.75, 3.05) is 12.9 Å². The Morgan fingerprint density at radius 3 is 2.47 bits per heavy atom. The summed E-state index contributed by atoms with van der Waals surface area (Å²) in [7, 11) is 1.64. The monoisotopic (exact) mass is 336 g/mol. The number of ketones is 1. The Hall–Kier alpha value is -1.26. The van der Waals surface area contributed by atoms with Gasteiger partial charge < -0.3 is 4.74 Å². The highest BCUT2D eigenvalue weighted by molar-refractivity contribution is 9.10. The number of carbonyl (C=O) groups is 1. The van der Waals surface area contributed by atoms with E-state index in [0.29, 0.717) is 5.75 Å². The predicted octanol–water partition coefficient (Wildman–Crippen LogP) is 4.43. The molecule has 0 saturated carbocycles. The number of hydrogen-bond acceptors (Lipinski definition) is 3. The van der Waals surface area contributed by atoms with E-state index in [2.05, 4.69) is 15.9 Å². The molecule has 0 radical (unpaired) electrons. The standard InChI is InChI=1S/C15H13BrO2S/c1-18-11-6-8-12(9-7-11)19-10-15(17)13-4-2-3-5-14(13)16/h2-9H,10H2,1H3. The second-order valence-electron chi connectivity index (χ2n) is 3.87. The smallest absolute Gasteiger partial charge is 0.174 e. The molecule has 2 rings (SSSR count). The molecular weight excluding hydrogens is 324 g/mol. The number of carbonyl (C=O) groups excluding carboxylic acids is 1. The number of halogens is 1. The lowest BCUT2D eigenvalue weighted by Gasteiger charge is -2.04. The average molecular weight is 337 g/mol. The summed E-state index contributed by atoms with van der Waals surface area (Å²) in [5, 5.41) is 0. The van der Waals surface area contributed by atoms with Crippen molar-refractivity contribution in [1.82, 2.24) is 0 Å². The average Bonchev–Trinajstić information content (AvgIpc) is 2.46. The molecule has 0 atom stereocenters. The SMILES string of the molecule is COc1ccc(SCC(=O)c2ccccc2Br)cc1. The third-order valence-electron chi connectivity index (χ3n) is 2.60. The van der Waals surface area contributed by atoms with E-state index in [1.165, 1.54) is 11.8 Å². The maximum atomic E-state index is 12.1. The molecule has 2 aromatic carbocycles. The molecule has 0 bridgehead atoms. The second kappa shape index (κ2) is 6.78. The van der Waals surface area contributed by atoms with Gasteiger partial charge >= 0.3 is 0 Å². The highest BCUT2D eigenvalue weighted by Crippen LogP contribution is 2.24. The maximum Gasteiger partial charge on any atom is 0.174 e. The minimum Gasteiger partial charge on any atom is -0.497 e. The highest BCUT2D eigenvalue weighted by atomic mass is 79.9. The lowest BCUT2D eigenvalue weighted by Crippen LogP contribution is -2.03. The van der Waals surface area contributed by atoms with Crippen LogP contribution in [0, 0.1) is 0 Å². The molecule has 4 heteroatoms. The molecule has 0 N–H and O–H groups in total. The fourth-order valence-electron chi connectivity index (χ4n) is 1.59. The maximum absolute atomic E-state index is 12.1. The van der Waals surface area contributed by atoms with Gasteiger partial charge in [-0.3, -0.25) is 4.79 Å². The van der Waals surface area contributed by atoms with Crippen LogP contribution < -0.4 is 4.74 Å². The highest BCUT2D eigenvalue weighted by Gasteiger charge is 2.09. The zero-order valence-corrected chi connectivity index (χ0v) is 12.8. The zero-order valence-electron chi connectivity index (χ0n) is 10.4. The van der Waals surface area contributed by atoms with Crippen LogP contribution >= 0.6 is 27.7 Å². The predicted molar refractivity (Wildman–Crippen MR) is 82.2 cm³/mol. The molecule has 0 aromatic heterocycles. The van der Waals surface area contributed by atoms with Crippen LogP contribution in [-0.4, -0.2) is 18.6 Å². The first kappa shape index (κ1) is 14.2. The van der Waals surface area contributed by atoms with Gasteiger partial charge in [0.25, 0.3) is 0 Å². The zero-order chi connectivity index (χ0) is 13.7. The van der Waals surface area contributed by atoms with Crippen molar-refractivity contribution in [2.24, 2.45) is 0 Å². The summed E-state index contributed by atoms with van der Waals surface area (Å²) in [6, 6.07) is 15.2. The van der Waals surface area contributed by atoms with Gasteiger partial charge in [0.05, 0.1) is 12.9 Å². The molecule has 0 aliphatic rings. The molecule has 19 heavy (non-hydrogen) atoms. The fraction of sp³-hybridized carbons (Fsp3) is 0.133. The molecule has 0 unspecified atom stereocenters. The Kier molecular flexibility index (Phi) is 5.05. The first-order chi connectivity index (χ1) is 9.20. The van der Waals surface area contributed by atoms with E-state index in [-0.39, 0.29) is 5.78 Å². The fourth-order valence-corrected chi connectivity index (χ4v) is 2.87. The van der Waals surface area contributed by atoms with E-state index in [1.807, 2.05) is 48.5 Å². The molecule has 2 aromatic rings. The third-order valence-corrected chi connectivity index (χ3v) is 4.31. The Morgan fingerprint density at radius 1 is 1.16 bits per heavy atom. The van der Waals surface area contributed by atoms with Gasteiger partial charge in [0.1, 0.15) is 5.75 Å². The molecule has 0 amide bonds. The van der Waals surface area contributed by atoms with Gasteiger partial charge in [-0.1, -0.05) is 34.1 Å². The lowest BCUT2D eigenvalue weighted by molar-refractivity contribution is 0.102. The number of benzene rings is 2. The first-order valence-electron chi connectivity index (χ1n) is 5.75. The van der Waals surface area contributed by atoms with Crippen molar-refractivity contribution in [3.8, 4) is 5.75 Å². The van der Waals surface area contributed by atoms with Crippen molar-refractivity contribution in [2.45, 2.75) is 4.90 Å². The van der Waals surface area contributed by atoms with Crippen molar-refractivity contribution in [3.63, 3.8) is 0 Å². The largest absolute Gasteiger partial charge is 0.497 e. The van der Waals surface area contributed by atoms with Crippen molar-refractivity contribution < 1.29 is 9.53 Å². The van der Waals surface area contributed by atoms with Crippen molar-refractivity contribution in [3.05, 3.63) is 58.6 Å². The van der Waals surface area contributed by atoms with Gasteiger partial charge in [-0.05, 0) is 30.3 Å².